The molecule has 0 spiro atoms. The van der Waals surface area contributed by atoms with Gasteiger partial charge >= 0.3 is 6.09 Å². The van der Waals surface area contributed by atoms with Gasteiger partial charge in [-0.3, -0.25) is 4.90 Å². The number of nitrogens with zero attached hydrogens (tertiary/aromatic N) is 1. The highest BCUT2D eigenvalue weighted by molar-refractivity contribution is 5.75. The zero-order chi connectivity index (χ0) is 13.3. The summed E-state index contributed by atoms with van der Waals surface area (Å²) in [5, 5.41) is 0. The van der Waals surface area contributed by atoms with Gasteiger partial charge in [-0.25, -0.2) is 4.79 Å². The predicted molar refractivity (Wildman–Crippen MR) is 68.3 cm³/mol. The molecule has 0 bridgehead atoms. The molecule has 102 valence electrons. The van der Waals surface area contributed by atoms with Crippen molar-refractivity contribution < 1.29 is 14.3 Å². The first kappa shape index (κ1) is 13.4. The molecule has 4 heteroatoms. The van der Waals surface area contributed by atoms with Crippen LogP contribution in [0.25, 0.3) is 0 Å². The zero-order valence-corrected chi connectivity index (χ0v) is 11.5. The number of likely N-dealkylation sites (tertiary alicyclic amines) is 1. The highest BCUT2D eigenvalue weighted by atomic mass is 16.6. The molecule has 0 aromatic rings. The fourth-order valence-electron chi connectivity index (χ4n) is 3.21. The van der Waals surface area contributed by atoms with Gasteiger partial charge < -0.3 is 9.53 Å². The summed E-state index contributed by atoms with van der Waals surface area (Å²) in [6, 6.07) is -0.0725. The maximum Gasteiger partial charge on any atom is 0.411 e. The number of carbonyl (C=O) groups is 2. The van der Waals surface area contributed by atoms with Crippen molar-refractivity contribution >= 4 is 12.4 Å². The molecule has 2 fully saturated rings. The second-order valence-corrected chi connectivity index (χ2v) is 6.44. The zero-order valence-electron chi connectivity index (χ0n) is 11.5. The van der Waals surface area contributed by atoms with Crippen molar-refractivity contribution in [2.24, 2.45) is 5.92 Å². The Bertz CT molecular complexity index is 334. The van der Waals surface area contributed by atoms with E-state index in [0.717, 1.165) is 32.0 Å². The highest BCUT2D eigenvalue weighted by Crippen LogP contribution is 2.39. The second-order valence-electron chi connectivity index (χ2n) is 6.44. The fraction of sp³-hybridized carbons (Fsp3) is 0.857. The molecular weight excluding hydrogens is 230 g/mol. The van der Waals surface area contributed by atoms with Crippen LogP contribution < -0.4 is 0 Å². The van der Waals surface area contributed by atoms with Crippen molar-refractivity contribution in [3.05, 3.63) is 0 Å². The second kappa shape index (κ2) is 4.90. The smallest absolute Gasteiger partial charge is 0.411 e. The van der Waals surface area contributed by atoms with Crippen LogP contribution in [0.4, 0.5) is 4.79 Å². The predicted octanol–water partition coefficient (Wildman–Crippen LogP) is 2.75. The average molecular weight is 253 g/mol. The molecule has 1 saturated heterocycles. The van der Waals surface area contributed by atoms with Gasteiger partial charge in [-0.2, -0.15) is 0 Å². The summed E-state index contributed by atoms with van der Waals surface area (Å²) in [5.74, 6) is 0.487. The van der Waals surface area contributed by atoms with E-state index in [-0.39, 0.29) is 18.2 Å². The minimum atomic E-state index is -0.503. The molecule has 18 heavy (non-hydrogen) atoms. The van der Waals surface area contributed by atoms with E-state index >= 15 is 0 Å². The van der Waals surface area contributed by atoms with E-state index < -0.39 is 5.60 Å². The maximum atomic E-state index is 12.2. The summed E-state index contributed by atoms with van der Waals surface area (Å²) >= 11 is 0. The summed E-state index contributed by atoms with van der Waals surface area (Å²) < 4.78 is 5.43. The van der Waals surface area contributed by atoms with E-state index in [1.54, 1.807) is 4.90 Å². The van der Waals surface area contributed by atoms with Crippen LogP contribution in [0.2, 0.25) is 0 Å². The summed E-state index contributed by atoms with van der Waals surface area (Å²) in [6.07, 6.45) is 5.90. The molecule has 1 aliphatic heterocycles. The van der Waals surface area contributed by atoms with Gasteiger partial charge in [0.25, 0.3) is 0 Å². The Morgan fingerprint density at radius 1 is 1.28 bits per heavy atom. The molecule has 4 nitrogen and oxygen atoms in total. The van der Waals surface area contributed by atoms with Crippen molar-refractivity contribution in [3.8, 4) is 0 Å². The van der Waals surface area contributed by atoms with Gasteiger partial charge in [0.15, 0.2) is 0 Å². The number of hydrogen-bond acceptors (Lipinski definition) is 3. The fourth-order valence-corrected chi connectivity index (χ4v) is 3.21. The summed E-state index contributed by atoms with van der Waals surface area (Å²) in [7, 11) is 0. The van der Waals surface area contributed by atoms with E-state index in [1.165, 1.54) is 6.42 Å². The third kappa shape index (κ3) is 2.68. The first-order valence-corrected chi connectivity index (χ1v) is 6.89. The number of amides is 1. The first-order valence-electron chi connectivity index (χ1n) is 6.89. The van der Waals surface area contributed by atoms with Gasteiger partial charge in [0.1, 0.15) is 11.9 Å². The lowest BCUT2D eigenvalue weighted by Crippen LogP contribution is -2.46. The van der Waals surface area contributed by atoms with Gasteiger partial charge in [0, 0.05) is 6.04 Å². The molecule has 1 heterocycles. The number of rotatable bonds is 1. The van der Waals surface area contributed by atoms with Gasteiger partial charge in [0.05, 0.1) is 6.04 Å². The van der Waals surface area contributed by atoms with Crippen LogP contribution in [-0.2, 0) is 9.53 Å². The highest BCUT2D eigenvalue weighted by Gasteiger charge is 2.45. The van der Waals surface area contributed by atoms with Gasteiger partial charge in [0.2, 0.25) is 0 Å². The van der Waals surface area contributed by atoms with Crippen molar-refractivity contribution in [1.29, 1.82) is 0 Å². The molecule has 1 aliphatic carbocycles. The van der Waals surface area contributed by atoms with Crippen LogP contribution in [0, 0.1) is 5.92 Å². The van der Waals surface area contributed by atoms with Gasteiger partial charge in [-0.15, -0.1) is 0 Å². The Labute approximate surface area is 109 Å². The third-order valence-electron chi connectivity index (χ3n) is 3.89. The van der Waals surface area contributed by atoms with E-state index in [1.807, 2.05) is 20.8 Å². The largest absolute Gasteiger partial charge is 0.444 e. The van der Waals surface area contributed by atoms with Crippen LogP contribution in [0.1, 0.15) is 52.9 Å². The van der Waals surface area contributed by atoms with Crippen molar-refractivity contribution in [2.75, 3.05) is 0 Å². The lowest BCUT2D eigenvalue weighted by molar-refractivity contribution is -0.112. The number of aldehydes is 1. The molecule has 0 N–H and O–H groups in total. The van der Waals surface area contributed by atoms with E-state index in [0.29, 0.717) is 5.92 Å². The van der Waals surface area contributed by atoms with Crippen LogP contribution >= 0.6 is 0 Å². The quantitative estimate of drug-likeness (QED) is 0.675. The number of fused-ring (bicyclic) bond motifs is 1. The normalized spacial score (nSPS) is 31.9. The molecule has 2 aliphatic rings. The average Bonchev–Trinajstić information content (AvgIpc) is 2.64. The molecule has 1 saturated carbocycles. The van der Waals surface area contributed by atoms with E-state index in [9.17, 15) is 9.59 Å². The lowest BCUT2D eigenvalue weighted by atomic mass is 9.85. The minimum Gasteiger partial charge on any atom is -0.444 e. The van der Waals surface area contributed by atoms with Crippen LogP contribution in [-0.4, -0.2) is 35.0 Å². The molecule has 2 rings (SSSR count). The van der Waals surface area contributed by atoms with Crippen LogP contribution in [0.3, 0.4) is 0 Å². The topological polar surface area (TPSA) is 46.6 Å². The third-order valence-corrected chi connectivity index (χ3v) is 3.89. The SMILES string of the molecule is CC(C)(C)OC(=O)N1C(C=O)C[C@@H]2CCCC[C@@H]21. The van der Waals surface area contributed by atoms with Crippen molar-refractivity contribution in [3.63, 3.8) is 0 Å². The maximum absolute atomic E-state index is 12.2. The molecule has 1 amide bonds. The molecule has 1 unspecified atom stereocenters. The summed E-state index contributed by atoms with van der Waals surface area (Å²) in [6.45, 7) is 5.57. The van der Waals surface area contributed by atoms with Crippen LogP contribution in [0.5, 0.6) is 0 Å². The Morgan fingerprint density at radius 2 is 1.94 bits per heavy atom. The molecule has 3 atom stereocenters. The van der Waals surface area contributed by atoms with E-state index in [4.69, 9.17) is 4.74 Å². The number of ether oxygens (including phenoxy) is 1. The molecule has 0 aromatic carbocycles. The van der Waals surface area contributed by atoms with Gasteiger partial charge in [-0.1, -0.05) is 12.8 Å². The number of hydrogen-bond donors (Lipinski definition) is 0. The summed E-state index contributed by atoms with van der Waals surface area (Å²) in [5.41, 5.74) is -0.503. The lowest BCUT2D eigenvalue weighted by Gasteiger charge is -2.34. The Balaban J connectivity index is 2.12. The molecular formula is C14H23NO3. The van der Waals surface area contributed by atoms with Crippen LogP contribution in [0.15, 0.2) is 0 Å². The summed E-state index contributed by atoms with van der Waals surface area (Å²) in [4.78, 5) is 25.1. The monoisotopic (exact) mass is 253 g/mol. The minimum absolute atomic E-state index is 0.212. The first-order chi connectivity index (χ1) is 8.42. The molecule has 0 aromatic heterocycles. The van der Waals surface area contributed by atoms with Crippen molar-refractivity contribution in [1.82, 2.24) is 4.90 Å². The van der Waals surface area contributed by atoms with E-state index in [2.05, 4.69) is 0 Å². The number of carbonyl (C=O) groups excluding carboxylic acids is 2. The standard InChI is InChI=1S/C14H23NO3/c1-14(2,3)18-13(17)15-11(9-16)8-10-6-4-5-7-12(10)15/h9-12H,4-8H2,1-3H3/t10-,11?,12-/m0/s1. The Hall–Kier alpha value is -1.06. The van der Waals surface area contributed by atoms with Crippen molar-refractivity contribution in [2.45, 2.75) is 70.6 Å². The Morgan fingerprint density at radius 3 is 2.56 bits per heavy atom. The molecule has 0 radical (unpaired) electrons. The Kier molecular flexibility index (Phi) is 3.64. The van der Waals surface area contributed by atoms with Gasteiger partial charge in [-0.05, 0) is 46.0 Å².